The molecule has 1 heterocycles. The van der Waals surface area contributed by atoms with E-state index < -0.39 is 0 Å². The average molecular weight is 213 g/mol. The van der Waals surface area contributed by atoms with Crippen molar-refractivity contribution in [1.82, 2.24) is 5.32 Å². The van der Waals surface area contributed by atoms with Crippen LogP contribution < -0.4 is 5.32 Å². The monoisotopic (exact) mass is 213 g/mol. The summed E-state index contributed by atoms with van der Waals surface area (Å²) in [6.45, 7) is 8.47. The second-order valence-corrected chi connectivity index (χ2v) is 4.42. The van der Waals surface area contributed by atoms with Gasteiger partial charge >= 0.3 is 0 Å². The van der Waals surface area contributed by atoms with E-state index in [1.54, 1.807) is 0 Å². The van der Waals surface area contributed by atoms with Crippen LogP contribution >= 0.6 is 0 Å². The van der Waals surface area contributed by atoms with E-state index >= 15 is 0 Å². The lowest BCUT2D eigenvalue weighted by molar-refractivity contribution is -0.126. The SMILES string of the molecule is CCCNC1COCC1C(=O)C(C)CC. The van der Waals surface area contributed by atoms with Gasteiger partial charge in [-0.25, -0.2) is 0 Å². The predicted molar refractivity (Wildman–Crippen MR) is 60.9 cm³/mol. The van der Waals surface area contributed by atoms with Gasteiger partial charge in [-0.05, 0) is 19.4 Å². The number of carbonyl (C=O) groups is 1. The van der Waals surface area contributed by atoms with E-state index in [1.807, 2.05) is 6.92 Å². The Kier molecular flexibility index (Phi) is 5.26. The van der Waals surface area contributed by atoms with Gasteiger partial charge < -0.3 is 10.1 Å². The number of ketones is 1. The molecule has 1 N–H and O–H groups in total. The quantitative estimate of drug-likeness (QED) is 0.728. The first-order chi connectivity index (χ1) is 7.20. The van der Waals surface area contributed by atoms with Crippen LogP contribution in [0.25, 0.3) is 0 Å². The molecule has 1 aliphatic rings. The molecule has 0 aromatic heterocycles. The van der Waals surface area contributed by atoms with Gasteiger partial charge in [0.15, 0.2) is 0 Å². The fourth-order valence-electron chi connectivity index (χ4n) is 1.93. The van der Waals surface area contributed by atoms with Crippen molar-refractivity contribution >= 4 is 5.78 Å². The van der Waals surface area contributed by atoms with Crippen LogP contribution in [0.4, 0.5) is 0 Å². The summed E-state index contributed by atoms with van der Waals surface area (Å²) in [7, 11) is 0. The highest BCUT2D eigenvalue weighted by atomic mass is 16.5. The number of carbonyl (C=O) groups excluding carboxylic acids is 1. The molecule has 3 nitrogen and oxygen atoms in total. The minimum atomic E-state index is 0.0755. The molecular weight excluding hydrogens is 190 g/mol. The van der Waals surface area contributed by atoms with Crippen LogP contribution in [0.15, 0.2) is 0 Å². The molecule has 0 aromatic rings. The lowest BCUT2D eigenvalue weighted by atomic mass is 9.89. The van der Waals surface area contributed by atoms with Crippen LogP contribution in [0.2, 0.25) is 0 Å². The second-order valence-electron chi connectivity index (χ2n) is 4.42. The molecule has 3 unspecified atom stereocenters. The van der Waals surface area contributed by atoms with Crippen molar-refractivity contribution in [2.24, 2.45) is 11.8 Å². The summed E-state index contributed by atoms with van der Waals surface area (Å²) in [4.78, 5) is 12.0. The first kappa shape index (κ1) is 12.7. The summed E-state index contributed by atoms with van der Waals surface area (Å²) in [5.74, 6) is 0.609. The van der Waals surface area contributed by atoms with Gasteiger partial charge in [-0.2, -0.15) is 0 Å². The number of hydrogen-bond donors (Lipinski definition) is 1. The Bertz CT molecular complexity index is 206. The van der Waals surface area contributed by atoms with Gasteiger partial charge in [-0.3, -0.25) is 4.79 Å². The summed E-state index contributed by atoms with van der Waals surface area (Å²) in [6.07, 6.45) is 2.02. The van der Waals surface area contributed by atoms with Gasteiger partial charge in [0.25, 0.3) is 0 Å². The lowest BCUT2D eigenvalue weighted by Crippen LogP contribution is -2.41. The minimum Gasteiger partial charge on any atom is -0.379 e. The molecule has 0 spiro atoms. The summed E-state index contributed by atoms with van der Waals surface area (Å²) in [5.41, 5.74) is 0. The van der Waals surface area contributed by atoms with Crippen molar-refractivity contribution in [2.45, 2.75) is 39.7 Å². The zero-order chi connectivity index (χ0) is 11.3. The highest BCUT2D eigenvalue weighted by Crippen LogP contribution is 2.20. The van der Waals surface area contributed by atoms with Gasteiger partial charge in [0, 0.05) is 12.0 Å². The normalized spacial score (nSPS) is 27.9. The van der Waals surface area contributed by atoms with Crippen LogP contribution in [0, 0.1) is 11.8 Å². The zero-order valence-electron chi connectivity index (χ0n) is 10.1. The van der Waals surface area contributed by atoms with Crippen LogP contribution in [0.3, 0.4) is 0 Å². The molecule has 3 heteroatoms. The molecule has 0 aliphatic carbocycles. The Balaban J connectivity index is 2.48. The van der Waals surface area contributed by atoms with Crippen LogP contribution in [-0.4, -0.2) is 31.6 Å². The number of nitrogens with one attached hydrogen (secondary N) is 1. The number of hydrogen-bond acceptors (Lipinski definition) is 3. The van der Waals surface area contributed by atoms with E-state index in [-0.39, 0.29) is 17.9 Å². The maximum Gasteiger partial charge on any atom is 0.142 e. The zero-order valence-corrected chi connectivity index (χ0v) is 10.1. The maximum absolute atomic E-state index is 12.0. The molecule has 1 saturated heterocycles. The molecule has 0 bridgehead atoms. The van der Waals surface area contributed by atoms with Gasteiger partial charge in [0.1, 0.15) is 5.78 Å². The third-order valence-corrected chi connectivity index (χ3v) is 3.20. The van der Waals surface area contributed by atoms with E-state index in [9.17, 15) is 4.79 Å². The highest BCUT2D eigenvalue weighted by molar-refractivity contribution is 5.84. The molecule has 3 atom stereocenters. The topological polar surface area (TPSA) is 38.3 Å². The van der Waals surface area contributed by atoms with E-state index in [0.29, 0.717) is 19.0 Å². The molecule has 15 heavy (non-hydrogen) atoms. The molecule has 88 valence electrons. The van der Waals surface area contributed by atoms with Crippen molar-refractivity contribution in [3.8, 4) is 0 Å². The standard InChI is InChI=1S/C12H23NO2/c1-4-6-13-11-8-15-7-10(11)12(14)9(3)5-2/h9-11,13H,4-8H2,1-3H3. The van der Waals surface area contributed by atoms with Crippen LogP contribution in [0.5, 0.6) is 0 Å². The second kappa shape index (κ2) is 6.23. The summed E-state index contributed by atoms with van der Waals surface area (Å²) in [5, 5.41) is 3.40. The van der Waals surface area contributed by atoms with Crippen LogP contribution in [-0.2, 0) is 9.53 Å². The first-order valence-electron chi connectivity index (χ1n) is 6.05. The van der Waals surface area contributed by atoms with E-state index in [2.05, 4.69) is 19.2 Å². The number of Topliss-reactive ketones (excluding diaryl/α,β-unsaturated/α-hetero) is 1. The molecular formula is C12H23NO2. The number of ether oxygens (including phenoxy) is 1. The fourth-order valence-corrected chi connectivity index (χ4v) is 1.93. The molecule has 1 rings (SSSR count). The molecule has 0 aromatic carbocycles. The third-order valence-electron chi connectivity index (χ3n) is 3.20. The van der Waals surface area contributed by atoms with E-state index in [1.165, 1.54) is 0 Å². The fraction of sp³-hybridized carbons (Fsp3) is 0.917. The Hall–Kier alpha value is -0.410. The van der Waals surface area contributed by atoms with E-state index in [0.717, 1.165) is 19.4 Å². The first-order valence-corrected chi connectivity index (χ1v) is 6.05. The Morgan fingerprint density at radius 2 is 2.20 bits per heavy atom. The lowest BCUT2D eigenvalue weighted by Gasteiger charge is -2.20. The van der Waals surface area contributed by atoms with Gasteiger partial charge in [0.2, 0.25) is 0 Å². The molecule has 0 saturated carbocycles. The smallest absolute Gasteiger partial charge is 0.142 e. The van der Waals surface area contributed by atoms with Crippen molar-refractivity contribution in [1.29, 1.82) is 0 Å². The molecule has 0 radical (unpaired) electrons. The summed E-state index contributed by atoms with van der Waals surface area (Å²) in [6, 6.07) is 0.242. The summed E-state index contributed by atoms with van der Waals surface area (Å²) >= 11 is 0. The van der Waals surface area contributed by atoms with Crippen molar-refractivity contribution in [2.75, 3.05) is 19.8 Å². The van der Waals surface area contributed by atoms with Crippen molar-refractivity contribution < 1.29 is 9.53 Å². The maximum atomic E-state index is 12.0. The third kappa shape index (κ3) is 3.28. The average Bonchev–Trinajstić information content (AvgIpc) is 2.72. The van der Waals surface area contributed by atoms with E-state index in [4.69, 9.17) is 4.74 Å². The van der Waals surface area contributed by atoms with Crippen LogP contribution in [0.1, 0.15) is 33.6 Å². The predicted octanol–water partition coefficient (Wildman–Crippen LogP) is 1.62. The van der Waals surface area contributed by atoms with Gasteiger partial charge in [-0.1, -0.05) is 20.8 Å². The Morgan fingerprint density at radius 3 is 2.80 bits per heavy atom. The Labute approximate surface area is 92.6 Å². The molecule has 0 amide bonds. The number of rotatable bonds is 6. The molecule has 1 fully saturated rings. The Morgan fingerprint density at radius 1 is 1.47 bits per heavy atom. The van der Waals surface area contributed by atoms with Crippen molar-refractivity contribution in [3.63, 3.8) is 0 Å². The summed E-state index contributed by atoms with van der Waals surface area (Å²) < 4.78 is 5.40. The largest absolute Gasteiger partial charge is 0.379 e. The molecule has 1 aliphatic heterocycles. The van der Waals surface area contributed by atoms with Gasteiger partial charge in [0.05, 0.1) is 19.1 Å². The highest BCUT2D eigenvalue weighted by Gasteiger charge is 2.34. The van der Waals surface area contributed by atoms with Crippen molar-refractivity contribution in [3.05, 3.63) is 0 Å². The minimum absolute atomic E-state index is 0.0755. The van der Waals surface area contributed by atoms with Gasteiger partial charge in [-0.15, -0.1) is 0 Å².